The standard InChI is InChI=1S/C14H17BrF2N2/c15-12-6-9(16)7-13(17)14(12)18-10-3-5-19-4-1-2-11(19)8-10/h6-7,10-11,18H,1-5,8H2. The van der Waals surface area contributed by atoms with Crippen LogP contribution in [0.25, 0.3) is 0 Å². The van der Waals surface area contributed by atoms with Crippen molar-refractivity contribution in [2.24, 2.45) is 0 Å². The Labute approximate surface area is 120 Å². The summed E-state index contributed by atoms with van der Waals surface area (Å²) in [6, 6.07) is 3.14. The monoisotopic (exact) mass is 330 g/mol. The molecule has 0 saturated carbocycles. The molecule has 2 nitrogen and oxygen atoms in total. The Hall–Kier alpha value is -0.680. The maximum Gasteiger partial charge on any atom is 0.150 e. The highest BCUT2D eigenvalue weighted by atomic mass is 79.9. The molecule has 19 heavy (non-hydrogen) atoms. The quantitative estimate of drug-likeness (QED) is 0.888. The molecule has 2 aliphatic rings. The topological polar surface area (TPSA) is 15.3 Å². The largest absolute Gasteiger partial charge is 0.379 e. The molecule has 0 amide bonds. The Kier molecular flexibility index (Phi) is 3.76. The van der Waals surface area contributed by atoms with Gasteiger partial charge in [0.2, 0.25) is 0 Å². The number of hydrogen-bond acceptors (Lipinski definition) is 2. The molecule has 5 heteroatoms. The first-order chi connectivity index (χ1) is 9.13. The molecule has 2 heterocycles. The maximum absolute atomic E-state index is 13.8. The van der Waals surface area contributed by atoms with Crippen molar-refractivity contribution in [3.8, 4) is 0 Å². The number of nitrogens with zero attached hydrogens (tertiary/aromatic N) is 1. The van der Waals surface area contributed by atoms with E-state index in [4.69, 9.17) is 0 Å². The fourth-order valence-corrected chi connectivity index (χ4v) is 3.76. The summed E-state index contributed by atoms with van der Waals surface area (Å²) in [6.45, 7) is 2.27. The van der Waals surface area contributed by atoms with Crippen LogP contribution in [0.3, 0.4) is 0 Å². The lowest BCUT2D eigenvalue weighted by molar-refractivity contribution is 0.188. The normalized spacial score (nSPS) is 27.3. The molecular formula is C14H17BrF2N2. The van der Waals surface area contributed by atoms with Crippen molar-refractivity contribution in [2.45, 2.75) is 37.8 Å². The van der Waals surface area contributed by atoms with Crippen LogP contribution in [-0.4, -0.2) is 30.1 Å². The molecule has 2 saturated heterocycles. The van der Waals surface area contributed by atoms with Crippen LogP contribution < -0.4 is 5.32 Å². The van der Waals surface area contributed by atoms with E-state index in [-0.39, 0.29) is 6.04 Å². The first kappa shape index (κ1) is 13.3. The van der Waals surface area contributed by atoms with Gasteiger partial charge in [0, 0.05) is 29.2 Å². The van der Waals surface area contributed by atoms with E-state index >= 15 is 0 Å². The minimum atomic E-state index is -0.555. The van der Waals surface area contributed by atoms with Crippen LogP contribution in [0.1, 0.15) is 25.7 Å². The average Bonchev–Trinajstić information content (AvgIpc) is 2.81. The molecule has 2 aliphatic heterocycles. The zero-order valence-corrected chi connectivity index (χ0v) is 12.2. The Balaban J connectivity index is 1.72. The molecular weight excluding hydrogens is 314 g/mol. The van der Waals surface area contributed by atoms with E-state index in [2.05, 4.69) is 26.1 Å². The van der Waals surface area contributed by atoms with Gasteiger partial charge in [0.1, 0.15) is 11.6 Å². The second-order valence-corrected chi connectivity index (χ2v) is 6.30. The molecule has 1 aromatic rings. The molecule has 0 radical (unpaired) electrons. The second kappa shape index (κ2) is 5.37. The van der Waals surface area contributed by atoms with Crippen LogP contribution in [0, 0.1) is 11.6 Å². The molecule has 0 aromatic heterocycles. The van der Waals surface area contributed by atoms with Crippen LogP contribution >= 0.6 is 15.9 Å². The summed E-state index contributed by atoms with van der Waals surface area (Å²) >= 11 is 3.23. The summed E-state index contributed by atoms with van der Waals surface area (Å²) in [6.07, 6.45) is 4.57. The molecule has 104 valence electrons. The van der Waals surface area contributed by atoms with Crippen molar-refractivity contribution in [1.29, 1.82) is 0 Å². The van der Waals surface area contributed by atoms with Gasteiger partial charge in [0.05, 0.1) is 5.69 Å². The summed E-state index contributed by atoms with van der Waals surface area (Å²) in [5.41, 5.74) is 0.387. The summed E-state index contributed by atoms with van der Waals surface area (Å²) in [5, 5.41) is 3.24. The molecule has 0 aliphatic carbocycles. The molecule has 1 N–H and O–H groups in total. The number of piperidine rings is 1. The minimum Gasteiger partial charge on any atom is -0.379 e. The predicted molar refractivity (Wildman–Crippen MR) is 75.3 cm³/mol. The highest BCUT2D eigenvalue weighted by molar-refractivity contribution is 9.10. The average molecular weight is 331 g/mol. The molecule has 3 rings (SSSR count). The molecule has 2 atom stereocenters. The lowest BCUT2D eigenvalue weighted by atomic mass is 9.97. The number of halogens is 3. The van der Waals surface area contributed by atoms with Gasteiger partial charge >= 0.3 is 0 Å². The fraction of sp³-hybridized carbons (Fsp3) is 0.571. The van der Waals surface area contributed by atoms with Gasteiger partial charge in [-0.3, -0.25) is 0 Å². The van der Waals surface area contributed by atoms with Crippen LogP contribution in [0.15, 0.2) is 16.6 Å². The minimum absolute atomic E-state index is 0.274. The first-order valence-corrected chi connectivity index (χ1v) is 7.58. The third-order valence-electron chi connectivity index (χ3n) is 4.18. The lowest BCUT2D eigenvalue weighted by Crippen LogP contribution is -2.42. The van der Waals surface area contributed by atoms with Gasteiger partial charge in [-0.15, -0.1) is 0 Å². The SMILES string of the molecule is Fc1cc(F)c(NC2CCN3CCCC3C2)c(Br)c1. The first-order valence-electron chi connectivity index (χ1n) is 6.78. The van der Waals surface area contributed by atoms with Crippen molar-refractivity contribution in [1.82, 2.24) is 4.90 Å². The molecule has 0 bridgehead atoms. The van der Waals surface area contributed by atoms with E-state index in [1.165, 1.54) is 25.5 Å². The number of rotatable bonds is 2. The van der Waals surface area contributed by atoms with E-state index in [0.717, 1.165) is 25.5 Å². The van der Waals surface area contributed by atoms with Crippen LogP contribution in [-0.2, 0) is 0 Å². The summed E-state index contributed by atoms with van der Waals surface area (Å²) in [7, 11) is 0. The summed E-state index contributed by atoms with van der Waals surface area (Å²) < 4.78 is 27.3. The zero-order valence-electron chi connectivity index (χ0n) is 10.6. The number of fused-ring (bicyclic) bond motifs is 1. The van der Waals surface area contributed by atoms with Crippen molar-refractivity contribution < 1.29 is 8.78 Å². The smallest absolute Gasteiger partial charge is 0.150 e. The molecule has 2 fully saturated rings. The van der Waals surface area contributed by atoms with Crippen molar-refractivity contribution in [2.75, 3.05) is 18.4 Å². The van der Waals surface area contributed by atoms with Crippen LogP contribution in [0.2, 0.25) is 0 Å². The highest BCUT2D eigenvalue weighted by Gasteiger charge is 2.32. The number of hydrogen-bond donors (Lipinski definition) is 1. The van der Waals surface area contributed by atoms with Crippen LogP contribution in [0.5, 0.6) is 0 Å². The van der Waals surface area contributed by atoms with Gasteiger partial charge in [0.25, 0.3) is 0 Å². The Morgan fingerprint density at radius 1 is 1.21 bits per heavy atom. The number of benzene rings is 1. The fourth-order valence-electron chi connectivity index (χ4n) is 3.24. The summed E-state index contributed by atoms with van der Waals surface area (Å²) in [5.74, 6) is -1.08. The van der Waals surface area contributed by atoms with E-state index in [1.807, 2.05) is 0 Å². The Bertz CT molecular complexity index is 458. The van der Waals surface area contributed by atoms with Gasteiger partial charge in [-0.1, -0.05) is 0 Å². The lowest BCUT2D eigenvalue weighted by Gasteiger charge is -2.35. The molecule has 1 aromatic carbocycles. The van der Waals surface area contributed by atoms with E-state index in [9.17, 15) is 8.78 Å². The van der Waals surface area contributed by atoms with E-state index in [1.54, 1.807) is 0 Å². The maximum atomic E-state index is 13.8. The third kappa shape index (κ3) is 2.77. The van der Waals surface area contributed by atoms with Gasteiger partial charge < -0.3 is 10.2 Å². The van der Waals surface area contributed by atoms with Crippen molar-refractivity contribution in [3.63, 3.8) is 0 Å². The molecule has 0 spiro atoms. The highest BCUT2D eigenvalue weighted by Crippen LogP contribution is 2.32. The Morgan fingerprint density at radius 3 is 2.84 bits per heavy atom. The third-order valence-corrected chi connectivity index (χ3v) is 4.80. The second-order valence-electron chi connectivity index (χ2n) is 5.44. The predicted octanol–water partition coefficient (Wildman–Crippen LogP) is 3.77. The van der Waals surface area contributed by atoms with Crippen molar-refractivity contribution >= 4 is 21.6 Å². The van der Waals surface area contributed by atoms with Gasteiger partial charge in [-0.2, -0.15) is 0 Å². The Morgan fingerprint density at radius 2 is 2.05 bits per heavy atom. The van der Waals surface area contributed by atoms with Gasteiger partial charge in [0.15, 0.2) is 0 Å². The summed E-state index contributed by atoms with van der Waals surface area (Å²) in [4.78, 5) is 2.52. The number of anilines is 1. The molecule has 2 unspecified atom stereocenters. The number of nitrogens with one attached hydrogen (secondary N) is 1. The van der Waals surface area contributed by atoms with E-state index in [0.29, 0.717) is 16.2 Å². The van der Waals surface area contributed by atoms with Gasteiger partial charge in [-0.05, 0) is 54.2 Å². The zero-order chi connectivity index (χ0) is 13.4. The van der Waals surface area contributed by atoms with Crippen LogP contribution in [0.4, 0.5) is 14.5 Å². The van der Waals surface area contributed by atoms with Crippen molar-refractivity contribution in [3.05, 3.63) is 28.2 Å². The van der Waals surface area contributed by atoms with Gasteiger partial charge in [-0.25, -0.2) is 8.78 Å². The van der Waals surface area contributed by atoms with E-state index < -0.39 is 11.6 Å².